The van der Waals surface area contributed by atoms with Crippen LogP contribution in [-0.2, 0) is 11.3 Å². The van der Waals surface area contributed by atoms with Crippen LogP contribution in [0.1, 0.15) is 30.9 Å². The lowest BCUT2D eigenvalue weighted by Gasteiger charge is -2.26. The molecule has 0 aromatic heterocycles. The van der Waals surface area contributed by atoms with Crippen molar-refractivity contribution in [2.75, 3.05) is 44.9 Å². The maximum absolute atomic E-state index is 9.25. The third-order valence-corrected chi connectivity index (χ3v) is 3.57. The fourth-order valence-corrected chi connectivity index (χ4v) is 2.41. The number of rotatable bonds is 11. The Balaban J connectivity index is 2.65. The van der Waals surface area contributed by atoms with Crippen LogP contribution in [0.4, 0.5) is 5.69 Å². The van der Waals surface area contributed by atoms with Crippen LogP contribution in [0.25, 0.3) is 0 Å². The van der Waals surface area contributed by atoms with Gasteiger partial charge in [0.1, 0.15) is 0 Å². The molecule has 120 valence electrons. The van der Waals surface area contributed by atoms with Gasteiger partial charge in [0.15, 0.2) is 0 Å². The van der Waals surface area contributed by atoms with Crippen LogP contribution in [0.3, 0.4) is 0 Å². The highest BCUT2D eigenvalue weighted by molar-refractivity contribution is 5.54. The Labute approximate surface area is 129 Å². The standard InChI is InChI=1S/C17H30N2O2/c1-4-5-9-19(10-11-20)17-7-6-16(13-15(17)2)14-18-8-12-21-3/h6-7,13,18,20H,4-5,8-12,14H2,1-3H3. The summed E-state index contributed by atoms with van der Waals surface area (Å²) in [6.07, 6.45) is 2.32. The monoisotopic (exact) mass is 294 g/mol. The van der Waals surface area contributed by atoms with Crippen molar-refractivity contribution in [1.82, 2.24) is 5.32 Å². The quantitative estimate of drug-likeness (QED) is 0.615. The normalized spacial score (nSPS) is 10.9. The fourth-order valence-electron chi connectivity index (χ4n) is 2.41. The minimum absolute atomic E-state index is 0.198. The molecule has 0 aliphatic rings. The largest absolute Gasteiger partial charge is 0.395 e. The molecule has 0 saturated carbocycles. The highest BCUT2D eigenvalue weighted by atomic mass is 16.5. The van der Waals surface area contributed by atoms with E-state index in [4.69, 9.17) is 4.74 Å². The maximum atomic E-state index is 9.25. The number of unbranched alkanes of at least 4 members (excludes halogenated alkanes) is 1. The molecular weight excluding hydrogens is 264 g/mol. The summed E-state index contributed by atoms with van der Waals surface area (Å²) in [6.45, 7) is 8.70. The van der Waals surface area contributed by atoms with Crippen molar-refractivity contribution in [3.05, 3.63) is 29.3 Å². The predicted octanol–water partition coefficient (Wildman–Crippen LogP) is 2.33. The van der Waals surface area contributed by atoms with E-state index in [-0.39, 0.29) is 6.61 Å². The van der Waals surface area contributed by atoms with Crippen molar-refractivity contribution >= 4 is 5.69 Å². The zero-order chi connectivity index (χ0) is 15.5. The molecule has 0 fully saturated rings. The van der Waals surface area contributed by atoms with Crippen molar-refractivity contribution in [1.29, 1.82) is 0 Å². The number of hydrogen-bond acceptors (Lipinski definition) is 4. The third kappa shape index (κ3) is 6.46. The van der Waals surface area contributed by atoms with Crippen LogP contribution in [0, 0.1) is 6.92 Å². The Kier molecular flexibility index (Phi) is 9.06. The van der Waals surface area contributed by atoms with Crippen LogP contribution in [0.2, 0.25) is 0 Å². The SMILES string of the molecule is CCCCN(CCO)c1ccc(CNCCOC)cc1C. The van der Waals surface area contributed by atoms with Crippen molar-refractivity contribution in [2.24, 2.45) is 0 Å². The molecule has 0 radical (unpaired) electrons. The van der Waals surface area contributed by atoms with E-state index in [0.717, 1.165) is 32.7 Å². The minimum Gasteiger partial charge on any atom is -0.395 e. The van der Waals surface area contributed by atoms with Gasteiger partial charge in [-0.05, 0) is 30.5 Å². The average Bonchev–Trinajstić information content (AvgIpc) is 2.48. The number of nitrogens with zero attached hydrogens (tertiary/aromatic N) is 1. The first kappa shape index (κ1) is 18.0. The Morgan fingerprint density at radius 2 is 2.10 bits per heavy atom. The topological polar surface area (TPSA) is 44.7 Å². The number of ether oxygens (including phenoxy) is 1. The van der Waals surface area contributed by atoms with Gasteiger partial charge in [-0.1, -0.05) is 25.5 Å². The second-order valence-electron chi connectivity index (χ2n) is 5.35. The fraction of sp³-hybridized carbons (Fsp3) is 0.647. The number of methoxy groups -OCH3 is 1. The van der Waals surface area contributed by atoms with Crippen LogP contribution in [0.5, 0.6) is 0 Å². The zero-order valence-electron chi connectivity index (χ0n) is 13.7. The summed E-state index contributed by atoms with van der Waals surface area (Å²) in [6, 6.07) is 6.57. The first-order valence-corrected chi connectivity index (χ1v) is 7.88. The van der Waals surface area contributed by atoms with E-state index in [2.05, 4.69) is 42.3 Å². The zero-order valence-corrected chi connectivity index (χ0v) is 13.7. The van der Waals surface area contributed by atoms with Crippen molar-refractivity contribution in [2.45, 2.75) is 33.2 Å². The second-order valence-corrected chi connectivity index (χ2v) is 5.35. The summed E-state index contributed by atoms with van der Waals surface area (Å²) in [5.41, 5.74) is 3.79. The molecule has 4 nitrogen and oxygen atoms in total. The molecule has 0 saturated heterocycles. The molecule has 0 aliphatic carbocycles. The Morgan fingerprint density at radius 1 is 1.29 bits per heavy atom. The van der Waals surface area contributed by atoms with Crippen molar-refractivity contribution in [3.8, 4) is 0 Å². The summed E-state index contributed by atoms with van der Waals surface area (Å²) in [7, 11) is 1.71. The lowest BCUT2D eigenvalue weighted by Crippen LogP contribution is -2.28. The maximum Gasteiger partial charge on any atom is 0.0606 e. The third-order valence-electron chi connectivity index (χ3n) is 3.57. The Hall–Kier alpha value is -1.10. The van der Waals surface area contributed by atoms with Crippen molar-refractivity contribution in [3.63, 3.8) is 0 Å². The average molecular weight is 294 g/mol. The molecule has 0 amide bonds. The van der Waals surface area contributed by atoms with Gasteiger partial charge in [0.05, 0.1) is 13.2 Å². The molecule has 2 N–H and O–H groups in total. The van der Waals surface area contributed by atoms with E-state index in [1.165, 1.54) is 23.2 Å². The number of aliphatic hydroxyl groups is 1. The molecule has 0 heterocycles. The number of hydrogen-bond donors (Lipinski definition) is 2. The molecule has 0 atom stereocenters. The van der Waals surface area contributed by atoms with E-state index >= 15 is 0 Å². The molecular formula is C17H30N2O2. The number of nitrogens with one attached hydrogen (secondary N) is 1. The summed E-state index contributed by atoms with van der Waals surface area (Å²) in [5.74, 6) is 0. The van der Waals surface area contributed by atoms with Crippen LogP contribution in [0.15, 0.2) is 18.2 Å². The van der Waals surface area contributed by atoms with E-state index in [1.807, 2.05) is 0 Å². The highest BCUT2D eigenvalue weighted by Gasteiger charge is 2.09. The molecule has 4 heteroatoms. The molecule has 21 heavy (non-hydrogen) atoms. The highest BCUT2D eigenvalue weighted by Crippen LogP contribution is 2.21. The van der Waals surface area contributed by atoms with Gasteiger partial charge in [-0.15, -0.1) is 0 Å². The molecule has 0 bridgehead atoms. The minimum atomic E-state index is 0.198. The van der Waals surface area contributed by atoms with E-state index < -0.39 is 0 Å². The van der Waals surface area contributed by atoms with Gasteiger partial charge < -0.3 is 20.1 Å². The second kappa shape index (κ2) is 10.6. The number of aryl methyl sites for hydroxylation is 1. The van der Waals surface area contributed by atoms with Crippen molar-refractivity contribution < 1.29 is 9.84 Å². The smallest absolute Gasteiger partial charge is 0.0606 e. The first-order valence-electron chi connectivity index (χ1n) is 7.88. The summed E-state index contributed by atoms with van der Waals surface area (Å²) in [4.78, 5) is 2.28. The number of benzene rings is 1. The first-order chi connectivity index (χ1) is 10.2. The predicted molar refractivity (Wildman–Crippen MR) is 89.0 cm³/mol. The summed E-state index contributed by atoms with van der Waals surface area (Å²) in [5, 5.41) is 12.6. The Bertz CT molecular complexity index is 396. The van der Waals surface area contributed by atoms with Gasteiger partial charge in [0.25, 0.3) is 0 Å². The number of aliphatic hydroxyl groups excluding tert-OH is 1. The molecule has 0 spiro atoms. The van der Waals surface area contributed by atoms with Gasteiger partial charge in [-0.2, -0.15) is 0 Å². The summed E-state index contributed by atoms with van der Waals surface area (Å²) < 4.78 is 5.03. The van der Waals surface area contributed by atoms with Crippen LogP contribution >= 0.6 is 0 Å². The number of anilines is 1. The van der Waals surface area contributed by atoms with Gasteiger partial charge in [-0.3, -0.25) is 0 Å². The van der Waals surface area contributed by atoms with Gasteiger partial charge in [0.2, 0.25) is 0 Å². The molecule has 1 aromatic carbocycles. The molecule has 0 unspecified atom stereocenters. The lowest BCUT2D eigenvalue weighted by atomic mass is 10.1. The molecule has 1 aromatic rings. The molecule has 1 rings (SSSR count). The Morgan fingerprint density at radius 3 is 2.71 bits per heavy atom. The van der Waals surface area contributed by atoms with E-state index in [1.54, 1.807) is 7.11 Å². The van der Waals surface area contributed by atoms with Gasteiger partial charge in [0, 0.05) is 39.0 Å². The molecule has 0 aliphatic heterocycles. The van der Waals surface area contributed by atoms with E-state index in [0.29, 0.717) is 6.54 Å². The summed E-state index contributed by atoms with van der Waals surface area (Å²) >= 11 is 0. The van der Waals surface area contributed by atoms with E-state index in [9.17, 15) is 5.11 Å². The van der Waals surface area contributed by atoms with Crippen LogP contribution < -0.4 is 10.2 Å². The van der Waals surface area contributed by atoms with Gasteiger partial charge in [-0.25, -0.2) is 0 Å². The van der Waals surface area contributed by atoms with Gasteiger partial charge >= 0.3 is 0 Å². The lowest BCUT2D eigenvalue weighted by molar-refractivity contribution is 0.199. The van der Waals surface area contributed by atoms with Crippen LogP contribution in [-0.4, -0.2) is 45.1 Å².